The quantitative estimate of drug-likeness (QED) is 0.228. The van der Waals surface area contributed by atoms with Crippen molar-refractivity contribution in [1.82, 2.24) is 10.3 Å². The van der Waals surface area contributed by atoms with E-state index in [2.05, 4.69) is 119 Å². The molecule has 1 aliphatic heterocycles. The summed E-state index contributed by atoms with van der Waals surface area (Å²) in [6.45, 7) is 0. The van der Waals surface area contributed by atoms with E-state index in [9.17, 15) is 0 Å². The van der Waals surface area contributed by atoms with Crippen molar-refractivity contribution in [2.45, 2.75) is 6.17 Å². The first kappa shape index (κ1) is 24.4. The van der Waals surface area contributed by atoms with E-state index in [-0.39, 0.29) is 6.17 Å². The topological polar surface area (TPSA) is 62.8 Å². The van der Waals surface area contributed by atoms with E-state index in [1.165, 1.54) is 38.4 Å². The second-order valence-corrected chi connectivity index (χ2v) is 11.6. The maximum absolute atomic E-state index is 6.15. The van der Waals surface area contributed by atoms with Gasteiger partial charge in [0.25, 0.3) is 0 Å². The van der Waals surface area contributed by atoms with Gasteiger partial charge in [-0.2, -0.15) is 0 Å². The van der Waals surface area contributed by atoms with Crippen molar-refractivity contribution < 1.29 is 4.42 Å². The SMILES string of the molecule is c1ccc2c(c1)-c1cccc3c(C4=NC(c5ccc6ccccc6c5)NC(c5cccc6oc7ncccc7c56)=N4)ccc-2c13. The second-order valence-electron chi connectivity index (χ2n) is 11.6. The van der Waals surface area contributed by atoms with Crippen molar-refractivity contribution in [2.24, 2.45) is 9.98 Å². The maximum atomic E-state index is 6.15. The molecule has 3 heterocycles. The van der Waals surface area contributed by atoms with Gasteiger partial charge in [-0.15, -0.1) is 0 Å². The van der Waals surface area contributed by atoms with E-state index in [4.69, 9.17) is 14.4 Å². The number of nitrogens with zero attached hydrogens (tertiary/aromatic N) is 3. The third-order valence-electron chi connectivity index (χ3n) is 9.15. The average Bonchev–Trinajstić information content (AvgIpc) is 3.65. The van der Waals surface area contributed by atoms with Crippen LogP contribution < -0.4 is 5.32 Å². The van der Waals surface area contributed by atoms with Gasteiger partial charge in [0.05, 0.1) is 0 Å². The number of aliphatic imine (C=N–C) groups is 2. The molecule has 210 valence electrons. The van der Waals surface area contributed by atoms with Gasteiger partial charge in [0, 0.05) is 28.1 Å². The summed E-state index contributed by atoms with van der Waals surface area (Å²) < 4.78 is 6.15. The molecule has 1 unspecified atom stereocenters. The van der Waals surface area contributed by atoms with Crippen LogP contribution in [0.5, 0.6) is 0 Å². The van der Waals surface area contributed by atoms with Gasteiger partial charge in [-0.1, -0.05) is 97.1 Å². The van der Waals surface area contributed by atoms with Crippen LogP contribution in [0.2, 0.25) is 0 Å². The molecule has 0 radical (unpaired) electrons. The number of nitrogens with one attached hydrogen (secondary N) is 1. The van der Waals surface area contributed by atoms with Crippen LogP contribution in [-0.2, 0) is 0 Å². The lowest BCUT2D eigenvalue weighted by molar-refractivity contribution is 0.654. The molecule has 8 aromatic rings. The third-order valence-corrected chi connectivity index (χ3v) is 9.15. The highest BCUT2D eigenvalue weighted by molar-refractivity contribution is 6.25. The van der Waals surface area contributed by atoms with E-state index in [1.807, 2.05) is 18.2 Å². The van der Waals surface area contributed by atoms with Gasteiger partial charge in [-0.3, -0.25) is 0 Å². The fourth-order valence-corrected chi connectivity index (χ4v) is 7.12. The summed E-state index contributed by atoms with van der Waals surface area (Å²) in [5, 5.41) is 10.4. The van der Waals surface area contributed by atoms with E-state index in [0.29, 0.717) is 11.5 Å². The summed E-state index contributed by atoms with van der Waals surface area (Å²) in [6, 6.07) is 44.7. The third kappa shape index (κ3) is 3.58. The van der Waals surface area contributed by atoms with Crippen LogP contribution in [0.3, 0.4) is 0 Å². The minimum absolute atomic E-state index is 0.344. The van der Waals surface area contributed by atoms with Gasteiger partial charge in [0.2, 0.25) is 5.71 Å². The first-order valence-electron chi connectivity index (χ1n) is 15.1. The fraction of sp³-hybridized carbons (Fsp3) is 0.0250. The van der Waals surface area contributed by atoms with Gasteiger partial charge in [-0.05, 0) is 79.7 Å². The number of amidine groups is 2. The number of pyridine rings is 1. The van der Waals surface area contributed by atoms with Gasteiger partial charge in [0.1, 0.15) is 17.6 Å². The van der Waals surface area contributed by atoms with Gasteiger partial charge >= 0.3 is 0 Å². The van der Waals surface area contributed by atoms with E-state index >= 15 is 0 Å². The molecule has 0 amide bonds. The lowest BCUT2D eigenvalue weighted by Crippen LogP contribution is -2.33. The van der Waals surface area contributed by atoms with Crippen molar-refractivity contribution in [3.63, 3.8) is 0 Å². The highest BCUT2D eigenvalue weighted by atomic mass is 16.3. The van der Waals surface area contributed by atoms with Crippen LogP contribution in [0.4, 0.5) is 0 Å². The van der Waals surface area contributed by atoms with Crippen LogP contribution >= 0.6 is 0 Å². The molecule has 0 saturated heterocycles. The Balaban J connectivity index is 1.21. The molecule has 6 aromatic carbocycles. The smallest absolute Gasteiger partial charge is 0.227 e. The predicted octanol–water partition coefficient (Wildman–Crippen LogP) is 9.43. The Hall–Kier alpha value is -6.07. The zero-order chi connectivity index (χ0) is 29.5. The lowest BCUT2D eigenvalue weighted by atomic mass is 9.97. The van der Waals surface area contributed by atoms with Crippen LogP contribution in [0.1, 0.15) is 22.9 Å². The summed E-state index contributed by atoms with van der Waals surface area (Å²) in [5.74, 6) is 1.45. The molecule has 2 aromatic heterocycles. The molecule has 1 aliphatic carbocycles. The summed E-state index contributed by atoms with van der Waals surface area (Å²) >= 11 is 0. The number of hydrogen-bond donors (Lipinski definition) is 1. The summed E-state index contributed by atoms with van der Waals surface area (Å²) in [7, 11) is 0. The molecule has 0 spiro atoms. The first-order valence-corrected chi connectivity index (χ1v) is 15.1. The Bertz CT molecular complexity index is 2560. The summed E-state index contributed by atoms with van der Waals surface area (Å²) in [5.41, 5.74) is 9.49. The molecular formula is C40H24N4O. The minimum Gasteiger partial charge on any atom is -0.438 e. The Kier molecular flexibility index (Phi) is 4.99. The van der Waals surface area contributed by atoms with Crippen molar-refractivity contribution >= 4 is 55.3 Å². The number of rotatable bonds is 3. The Labute approximate surface area is 258 Å². The number of fused-ring (bicyclic) bond motifs is 7. The van der Waals surface area contributed by atoms with Crippen molar-refractivity contribution in [2.75, 3.05) is 0 Å². The number of aromatic nitrogens is 1. The molecule has 5 heteroatoms. The molecule has 2 aliphatic rings. The molecule has 1 atom stereocenters. The highest BCUT2D eigenvalue weighted by Crippen LogP contribution is 2.48. The first-order chi connectivity index (χ1) is 22.3. The molecule has 10 rings (SSSR count). The molecule has 0 saturated carbocycles. The van der Waals surface area contributed by atoms with Gasteiger partial charge in [0.15, 0.2) is 5.84 Å². The van der Waals surface area contributed by atoms with Gasteiger partial charge in [-0.25, -0.2) is 15.0 Å². The molecule has 0 fully saturated rings. The predicted molar refractivity (Wildman–Crippen MR) is 183 cm³/mol. The van der Waals surface area contributed by atoms with Crippen molar-refractivity contribution in [3.05, 3.63) is 150 Å². The Morgan fingerprint density at radius 3 is 2.20 bits per heavy atom. The summed E-state index contributed by atoms with van der Waals surface area (Å²) in [4.78, 5) is 15.0. The molecule has 45 heavy (non-hydrogen) atoms. The normalized spacial score (nSPS) is 15.3. The van der Waals surface area contributed by atoms with Crippen LogP contribution in [-0.4, -0.2) is 16.7 Å². The standard InChI is InChI=1S/C40H24N4O/c1-2-9-24-22-25(18-17-23(24)8-1)37-42-38(31-20-19-30-27-11-4-3-10-26(27)28-12-5-13-29(31)35(28)30)44-39(43-37)32-14-6-16-34-36(32)33-15-7-21-41-40(33)45-34/h1-22,37H,(H,42,43,44). The van der Waals surface area contributed by atoms with Crippen LogP contribution in [0.15, 0.2) is 148 Å². The lowest BCUT2D eigenvalue weighted by Gasteiger charge is -2.25. The molecule has 5 nitrogen and oxygen atoms in total. The molecular weight excluding hydrogens is 552 g/mol. The van der Waals surface area contributed by atoms with Crippen molar-refractivity contribution in [1.29, 1.82) is 0 Å². The zero-order valence-electron chi connectivity index (χ0n) is 24.0. The van der Waals surface area contributed by atoms with E-state index < -0.39 is 0 Å². The number of benzene rings is 6. The van der Waals surface area contributed by atoms with Crippen LogP contribution in [0.25, 0.3) is 65.9 Å². The maximum Gasteiger partial charge on any atom is 0.227 e. The Morgan fingerprint density at radius 1 is 0.556 bits per heavy atom. The van der Waals surface area contributed by atoms with Crippen LogP contribution in [0, 0.1) is 0 Å². The van der Waals surface area contributed by atoms with Gasteiger partial charge < -0.3 is 9.73 Å². The minimum atomic E-state index is -0.344. The Morgan fingerprint density at radius 2 is 1.29 bits per heavy atom. The monoisotopic (exact) mass is 576 g/mol. The highest BCUT2D eigenvalue weighted by Gasteiger charge is 2.27. The number of furan rings is 1. The van der Waals surface area contributed by atoms with E-state index in [1.54, 1.807) is 6.20 Å². The van der Waals surface area contributed by atoms with Crippen molar-refractivity contribution in [3.8, 4) is 22.3 Å². The zero-order valence-corrected chi connectivity index (χ0v) is 24.0. The second kappa shape index (κ2) is 9.21. The molecule has 1 N–H and O–H groups in total. The summed E-state index contributed by atoms with van der Waals surface area (Å²) in [6.07, 6.45) is 1.42. The number of hydrogen-bond acceptors (Lipinski definition) is 5. The molecule has 0 bridgehead atoms. The average molecular weight is 577 g/mol. The largest absolute Gasteiger partial charge is 0.438 e. The van der Waals surface area contributed by atoms with E-state index in [0.717, 1.165) is 44.3 Å². The fourth-order valence-electron chi connectivity index (χ4n) is 7.12.